The van der Waals surface area contributed by atoms with Crippen LogP contribution in [0.1, 0.15) is 5.56 Å². The van der Waals surface area contributed by atoms with Gasteiger partial charge >= 0.3 is 0 Å². The number of anilines is 2. The zero-order valence-corrected chi connectivity index (χ0v) is 11.4. The smallest absolute Gasteiger partial charge is 0.153 e. The summed E-state index contributed by atoms with van der Waals surface area (Å²) in [5.74, 6) is 0.611. The average Bonchev–Trinajstić information content (AvgIpc) is 2.86. The van der Waals surface area contributed by atoms with E-state index in [2.05, 4.69) is 14.8 Å². The van der Waals surface area contributed by atoms with Gasteiger partial charge in [-0.05, 0) is 30.3 Å². The predicted molar refractivity (Wildman–Crippen MR) is 73.8 cm³/mol. The van der Waals surface area contributed by atoms with Crippen LogP contribution in [0.4, 0.5) is 10.8 Å². The summed E-state index contributed by atoms with van der Waals surface area (Å²) in [5.41, 5.74) is 6.94. The second kappa shape index (κ2) is 5.42. The van der Waals surface area contributed by atoms with Gasteiger partial charge in [0.05, 0.1) is 17.6 Å². The van der Waals surface area contributed by atoms with Gasteiger partial charge in [0.1, 0.15) is 5.00 Å². The Bertz CT molecular complexity index is 491. The average molecular weight is 269 g/mol. The minimum atomic E-state index is 0.611. The first-order chi connectivity index (χ1) is 8.20. The largest absolute Gasteiger partial charge is 0.382 e. The number of hydrogen-bond acceptors (Lipinski definition) is 6. The van der Waals surface area contributed by atoms with Gasteiger partial charge in [0.25, 0.3) is 0 Å². The number of thioether (sulfide) groups is 1. The molecule has 0 spiro atoms. The summed E-state index contributed by atoms with van der Waals surface area (Å²) in [6.07, 6.45) is 5.89. The number of rotatable bonds is 5. The van der Waals surface area contributed by atoms with Gasteiger partial charge in [-0.2, -0.15) is 9.47 Å². The van der Waals surface area contributed by atoms with Crippen LogP contribution >= 0.6 is 23.3 Å². The van der Waals surface area contributed by atoms with Gasteiger partial charge in [-0.1, -0.05) is 0 Å². The molecular weight excluding hydrogens is 254 g/mol. The second-order valence-electron chi connectivity index (χ2n) is 3.64. The van der Waals surface area contributed by atoms with E-state index >= 15 is 0 Å². The lowest BCUT2D eigenvalue weighted by molar-refractivity contribution is 0.637. The quantitative estimate of drug-likeness (QED) is 0.813. The van der Waals surface area contributed by atoms with E-state index in [-0.39, 0.29) is 0 Å². The molecule has 17 heavy (non-hydrogen) atoms. The lowest BCUT2D eigenvalue weighted by Crippen LogP contribution is -2.10. The van der Waals surface area contributed by atoms with Crippen molar-refractivity contribution in [1.82, 2.24) is 14.2 Å². The molecule has 2 aromatic heterocycles. The van der Waals surface area contributed by atoms with Crippen molar-refractivity contribution in [2.45, 2.75) is 18.4 Å². The maximum Gasteiger partial charge on any atom is 0.153 e. The summed E-state index contributed by atoms with van der Waals surface area (Å²) < 4.78 is 6.05. The van der Waals surface area contributed by atoms with Crippen LogP contribution in [0.5, 0.6) is 0 Å². The lowest BCUT2D eigenvalue weighted by atomic mass is 10.4. The molecule has 0 radical (unpaired) electrons. The molecule has 0 saturated heterocycles. The van der Waals surface area contributed by atoms with Crippen LogP contribution in [0.2, 0.25) is 0 Å². The van der Waals surface area contributed by atoms with Crippen molar-refractivity contribution in [3.8, 4) is 0 Å². The van der Waals surface area contributed by atoms with Crippen LogP contribution in [-0.4, -0.2) is 27.0 Å². The van der Waals surface area contributed by atoms with Crippen molar-refractivity contribution in [2.24, 2.45) is 0 Å². The number of aryl methyl sites for hydroxylation is 1. The van der Waals surface area contributed by atoms with Crippen LogP contribution in [0.15, 0.2) is 17.3 Å². The molecule has 7 heteroatoms. The molecule has 0 aromatic carbocycles. The highest BCUT2D eigenvalue weighted by Gasteiger charge is 2.09. The topological polar surface area (TPSA) is 68.8 Å². The molecule has 0 aliphatic heterocycles. The number of aromatic nitrogens is 3. The minimum Gasteiger partial charge on any atom is -0.382 e. The molecule has 2 heterocycles. The number of nitrogen functional groups attached to an aromatic ring is 1. The van der Waals surface area contributed by atoms with Gasteiger partial charge in [0, 0.05) is 12.7 Å². The second-order valence-corrected chi connectivity index (χ2v) is 5.23. The summed E-state index contributed by atoms with van der Waals surface area (Å²) in [6, 6.07) is 0. The van der Waals surface area contributed by atoms with Gasteiger partial charge in [-0.3, -0.25) is 4.68 Å². The number of nitrogens with two attached hydrogens (primary N) is 1. The van der Waals surface area contributed by atoms with E-state index < -0.39 is 0 Å². The zero-order chi connectivity index (χ0) is 12.3. The highest BCUT2D eigenvalue weighted by molar-refractivity contribution is 7.99. The van der Waals surface area contributed by atoms with Crippen LogP contribution in [0, 0.1) is 6.92 Å². The Morgan fingerprint density at radius 3 is 3.06 bits per heavy atom. The van der Waals surface area contributed by atoms with Crippen molar-refractivity contribution in [2.75, 3.05) is 23.9 Å². The van der Waals surface area contributed by atoms with Gasteiger partial charge in [0.2, 0.25) is 0 Å². The molecule has 2 rings (SSSR count). The fourth-order valence-corrected chi connectivity index (χ4v) is 3.04. The van der Waals surface area contributed by atoms with E-state index in [9.17, 15) is 0 Å². The molecule has 3 N–H and O–H groups in total. The highest BCUT2D eigenvalue weighted by Crippen LogP contribution is 2.34. The normalized spacial score (nSPS) is 10.7. The Balaban J connectivity index is 1.89. The molecule has 0 bridgehead atoms. The Morgan fingerprint density at radius 1 is 1.59 bits per heavy atom. The van der Waals surface area contributed by atoms with Crippen LogP contribution in [0.3, 0.4) is 0 Å². The zero-order valence-electron chi connectivity index (χ0n) is 9.80. The lowest BCUT2D eigenvalue weighted by Gasteiger charge is -2.05. The van der Waals surface area contributed by atoms with E-state index in [1.54, 1.807) is 11.8 Å². The molecule has 0 saturated carbocycles. The van der Waals surface area contributed by atoms with Gasteiger partial charge in [-0.15, -0.1) is 11.8 Å². The predicted octanol–water partition coefficient (Wildman–Crippen LogP) is 2.06. The Labute approximate surface area is 109 Å². The van der Waals surface area contributed by atoms with Crippen molar-refractivity contribution in [3.63, 3.8) is 0 Å². The molecule has 0 unspecified atom stereocenters. The Morgan fingerprint density at radius 2 is 2.41 bits per heavy atom. The fourth-order valence-electron chi connectivity index (χ4n) is 1.48. The summed E-state index contributed by atoms with van der Waals surface area (Å²) >= 11 is 3.02. The maximum atomic E-state index is 5.76. The summed E-state index contributed by atoms with van der Waals surface area (Å²) in [4.78, 5) is 1.03. The monoisotopic (exact) mass is 269 g/mol. The van der Waals surface area contributed by atoms with Crippen molar-refractivity contribution in [3.05, 3.63) is 18.0 Å². The standard InChI is InChI=1S/C10H15N5S2/c1-7-5-13-15(6-7)4-3-12-10-8(16-2)9(11)14-17-10/h5-6,12H,3-4H2,1-2H3,(H2,11,14). The van der Waals surface area contributed by atoms with E-state index in [1.807, 2.05) is 30.3 Å². The molecule has 0 amide bonds. The maximum absolute atomic E-state index is 5.76. The van der Waals surface area contributed by atoms with Crippen molar-refractivity contribution < 1.29 is 0 Å². The third kappa shape index (κ3) is 2.92. The molecule has 2 aromatic rings. The summed E-state index contributed by atoms with van der Waals surface area (Å²) in [5, 5.41) is 8.61. The van der Waals surface area contributed by atoms with E-state index in [0.29, 0.717) is 5.82 Å². The summed E-state index contributed by atoms with van der Waals surface area (Å²) in [6.45, 7) is 3.68. The van der Waals surface area contributed by atoms with Crippen LogP contribution in [-0.2, 0) is 6.54 Å². The fraction of sp³-hybridized carbons (Fsp3) is 0.400. The SMILES string of the molecule is CSc1c(N)nsc1NCCn1cc(C)cn1. The molecule has 0 aliphatic carbocycles. The Hall–Kier alpha value is -1.21. The van der Waals surface area contributed by atoms with E-state index in [0.717, 1.165) is 23.0 Å². The molecule has 0 fully saturated rings. The molecule has 5 nitrogen and oxygen atoms in total. The molecule has 0 atom stereocenters. The van der Waals surface area contributed by atoms with Crippen molar-refractivity contribution in [1.29, 1.82) is 0 Å². The molecular formula is C10H15N5S2. The first kappa shape index (κ1) is 12.3. The van der Waals surface area contributed by atoms with Gasteiger partial charge in [0.15, 0.2) is 5.82 Å². The number of hydrogen-bond donors (Lipinski definition) is 2. The Kier molecular flexibility index (Phi) is 3.90. The first-order valence-electron chi connectivity index (χ1n) is 5.22. The van der Waals surface area contributed by atoms with E-state index in [4.69, 9.17) is 5.73 Å². The van der Waals surface area contributed by atoms with Gasteiger partial charge < -0.3 is 11.1 Å². The van der Waals surface area contributed by atoms with Crippen LogP contribution in [0.25, 0.3) is 0 Å². The van der Waals surface area contributed by atoms with E-state index in [1.165, 1.54) is 17.1 Å². The number of nitrogens with one attached hydrogen (secondary N) is 1. The van der Waals surface area contributed by atoms with Crippen LogP contribution < -0.4 is 11.1 Å². The highest BCUT2D eigenvalue weighted by atomic mass is 32.2. The third-order valence-corrected chi connectivity index (χ3v) is 4.04. The number of nitrogens with zero attached hydrogens (tertiary/aromatic N) is 3. The summed E-state index contributed by atoms with van der Waals surface area (Å²) in [7, 11) is 0. The third-order valence-electron chi connectivity index (χ3n) is 2.27. The molecule has 92 valence electrons. The van der Waals surface area contributed by atoms with Gasteiger partial charge in [-0.25, -0.2) is 0 Å². The van der Waals surface area contributed by atoms with Crippen molar-refractivity contribution >= 4 is 34.1 Å². The first-order valence-corrected chi connectivity index (χ1v) is 7.22. The minimum absolute atomic E-state index is 0.611. The molecule has 0 aliphatic rings.